The molecule has 22 heavy (non-hydrogen) atoms. The molecule has 0 saturated heterocycles. The van der Waals surface area contributed by atoms with Crippen LogP contribution in [0.15, 0.2) is 54.6 Å². The smallest absolute Gasteiger partial charge is 0.269 e. The van der Waals surface area contributed by atoms with Crippen LogP contribution in [0.2, 0.25) is 0 Å². The first-order valence-corrected chi connectivity index (χ1v) is 6.41. The number of benzene rings is 2. The Morgan fingerprint density at radius 2 is 1.64 bits per heavy atom. The zero-order valence-corrected chi connectivity index (χ0v) is 11.5. The van der Waals surface area contributed by atoms with Gasteiger partial charge >= 0.3 is 0 Å². The Balaban J connectivity index is 1.89. The standard InChI is InChI=1S/C16H14N2O4/c19-13-8-7-12(10-14(13)20)16(22)18-17-15(21)9-6-11-4-2-1-3-5-11/h1-10,19-20H,(H,17,21)(H,18,22). The molecule has 112 valence electrons. The molecule has 0 spiro atoms. The number of carbonyl (C=O) groups excluding carboxylic acids is 2. The second-order valence-electron chi connectivity index (χ2n) is 4.39. The molecule has 2 rings (SSSR count). The molecule has 0 atom stereocenters. The Labute approximate surface area is 126 Å². The quantitative estimate of drug-likeness (QED) is 0.393. The minimum absolute atomic E-state index is 0.0997. The second-order valence-corrected chi connectivity index (χ2v) is 4.39. The lowest BCUT2D eigenvalue weighted by Gasteiger charge is -2.06. The molecule has 4 N–H and O–H groups in total. The lowest BCUT2D eigenvalue weighted by atomic mass is 10.2. The average Bonchev–Trinajstić information content (AvgIpc) is 2.54. The lowest BCUT2D eigenvalue weighted by Crippen LogP contribution is -2.40. The van der Waals surface area contributed by atoms with Crippen LogP contribution in [0.1, 0.15) is 15.9 Å². The molecule has 0 aliphatic rings. The SMILES string of the molecule is O=C(C=Cc1ccccc1)NNC(=O)c1ccc(O)c(O)c1. The molecule has 0 heterocycles. The maximum absolute atomic E-state index is 11.7. The summed E-state index contributed by atoms with van der Waals surface area (Å²) in [6, 6.07) is 12.8. The van der Waals surface area contributed by atoms with E-state index in [1.165, 1.54) is 18.2 Å². The second kappa shape index (κ2) is 6.94. The molecule has 2 aromatic carbocycles. The van der Waals surface area contributed by atoms with Gasteiger partial charge in [0, 0.05) is 11.6 Å². The van der Waals surface area contributed by atoms with E-state index in [0.29, 0.717) is 0 Å². The molecule has 0 unspecified atom stereocenters. The van der Waals surface area contributed by atoms with Gasteiger partial charge in [-0.3, -0.25) is 20.4 Å². The van der Waals surface area contributed by atoms with E-state index in [1.54, 1.807) is 6.08 Å². The van der Waals surface area contributed by atoms with Crippen molar-refractivity contribution in [1.82, 2.24) is 10.9 Å². The highest BCUT2D eigenvalue weighted by Gasteiger charge is 2.08. The molecule has 0 aliphatic carbocycles. The van der Waals surface area contributed by atoms with Crippen molar-refractivity contribution in [3.05, 3.63) is 65.7 Å². The van der Waals surface area contributed by atoms with Gasteiger partial charge in [-0.25, -0.2) is 0 Å². The topological polar surface area (TPSA) is 98.7 Å². The van der Waals surface area contributed by atoms with Gasteiger partial charge in [0.2, 0.25) is 0 Å². The van der Waals surface area contributed by atoms with E-state index in [4.69, 9.17) is 5.11 Å². The van der Waals surface area contributed by atoms with E-state index in [0.717, 1.165) is 11.6 Å². The summed E-state index contributed by atoms with van der Waals surface area (Å²) >= 11 is 0. The fourth-order valence-electron chi connectivity index (χ4n) is 1.63. The molecule has 0 aromatic heterocycles. The fourth-order valence-corrected chi connectivity index (χ4v) is 1.63. The highest BCUT2D eigenvalue weighted by atomic mass is 16.3. The van der Waals surface area contributed by atoms with E-state index in [1.807, 2.05) is 30.3 Å². The van der Waals surface area contributed by atoms with Crippen molar-refractivity contribution < 1.29 is 19.8 Å². The van der Waals surface area contributed by atoms with Crippen molar-refractivity contribution in [1.29, 1.82) is 0 Å². The number of hydrazine groups is 1. The van der Waals surface area contributed by atoms with Crippen LogP contribution in [0.25, 0.3) is 6.08 Å². The number of carbonyl (C=O) groups is 2. The third kappa shape index (κ3) is 4.11. The normalized spacial score (nSPS) is 10.4. The van der Waals surface area contributed by atoms with Crippen molar-refractivity contribution in [2.45, 2.75) is 0 Å². The fraction of sp³-hybridized carbons (Fsp3) is 0. The van der Waals surface area contributed by atoms with Gasteiger partial charge in [-0.05, 0) is 29.8 Å². The summed E-state index contributed by atoms with van der Waals surface area (Å²) in [5.74, 6) is -1.86. The Morgan fingerprint density at radius 1 is 0.909 bits per heavy atom. The average molecular weight is 298 g/mol. The Hall–Kier alpha value is -3.28. The summed E-state index contributed by atoms with van der Waals surface area (Å²) < 4.78 is 0. The van der Waals surface area contributed by atoms with Crippen molar-refractivity contribution in [2.24, 2.45) is 0 Å². The highest BCUT2D eigenvalue weighted by molar-refractivity contribution is 5.98. The van der Waals surface area contributed by atoms with Crippen LogP contribution in [-0.4, -0.2) is 22.0 Å². The van der Waals surface area contributed by atoms with E-state index in [9.17, 15) is 14.7 Å². The summed E-state index contributed by atoms with van der Waals surface area (Å²) in [6.45, 7) is 0. The van der Waals surface area contributed by atoms with Crippen LogP contribution in [0.4, 0.5) is 0 Å². The van der Waals surface area contributed by atoms with Crippen LogP contribution in [0, 0.1) is 0 Å². The molecule has 0 radical (unpaired) electrons. The molecule has 2 aromatic rings. The number of hydrogen-bond acceptors (Lipinski definition) is 4. The van der Waals surface area contributed by atoms with Gasteiger partial charge in [0.25, 0.3) is 11.8 Å². The van der Waals surface area contributed by atoms with E-state index < -0.39 is 17.6 Å². The van der Waals surface area contributed by atoms with Gasteiger partial charge in [-0.15, -0.1) is 0 Å². The van der Waals surface area contributed by atoms with Crippen molar-refractivity contribution in [3.8, 4) is 11.5 Å². The molecular formula is C16H14N2O4. The minimum atomic E-state index is -0.614. The number of amides is 2. The predicted molar refractivity (Wildman–Crippen MR) is 80.9 cm³/mol. The van der Waals surface area contributed by atoms with Gasteiger partial charge < -0.3 is 10.2 Å². The maximum atomic E-state index is 11.7. The van der Waals surface area contributed by atoms with Gasteiger partial charge in [0.1, 0.15) is 0 Å². The number of hydrogen-bond donors (Lipinski definition) is 4. The van der Waals surface area contributed by atoms with Crippen LogP contribution in [-0.2, 0) is 4.79 Å². The summed E-state index contributed by atoms with van der Waals surface area (Å²) in [7, 11) is 0. The minimum Gasteiger partial charge on any atom is -0.504 e. The lowest BCUT2D eigenvalue weighted by molar-refractivity contribution is -0.117. The van der Waals surface area contributed by atoms with Crippen molar-refractivity contribution >= 4 is 17.9 Å². The van der Waals surface area contributed by atoms with Gasteiger partial charge in [0.15, 0.2) is 11.5 Å². The van der Waals surface area contributed by atoms with E-state index >= 15 is 0 Å². The molecule has 6 heteroatoms. The number of nitrogens with one attached hydrogen (secondary N) is 2. The first kappa shape index (κ1) is 15.1. The monoisotopic (exact) mass is 298 g/mol. The molecule has 0 saturated carbocycles. The van der Waals surface area contributed by atoms with Crippen molar-refractivity contribution in [2.75, 3.05) is 0 Å². The van der Waals surface area contributed by atoms with Crippen LogP contribution in [0.3, 0.4) is 0 Å². The molecule has 2 amide bonds. The Bertz CT molecular complexity index is 711. The summed E-state index contributed by atoms with van der Waals surface area (Å²) in [5, 5.41) is 18.5. The zero-order valence-electron chi connectivity index (χ0n) is 11.5. The van der Waals surface area contributed by atoms with Gasteiger partial charge in [-0.1, -0.05) is 30.3 Å². The highest BCUT2D eigenvalue weighted by Crippen LogP contribution is 2.24. The van der Waals surface area contributed by atoms with Gasteiger partial charge in [-0.2, -0.15) is 0 Å². The van der Waals surface area contributed by atoms with E-state index in [2.05, 4.69) is 10.9 Å². The number of phenolic OH excluding ortho intramolecular Hbond substituents is 2. The largest absolute Gasteiger partial charge is 0.504 e. The van der Waals surface area contributed by atoms with Gasteiger partial charge in [0.05, 0.1) is 0 Å². The molecule has 0 fully saturated rings. The molecule has 0 bridgehead atoms. The summed E-state index contributed by atoms with van der Waals surface area (Å²) in [5.41, 5.74) is 5.37. The maximum Gasteiger partial charge on any atom is 0.269 e. The third-order valence-electron chi connectivity index (χ3n) is 2.76. The Kier molecular flexibility index (Phi) is 4.77. The summed E-state index contributed by atoms with van der Waals surface area (Å²) in [4.78, 5) is 23.3. The molecule has 6 nitrogen and oxygen atoms in total. The first-order chi connectivity index (χ1) is 10.6. The van der Waals surface area contributed by atoms with Crippen molar-refractivity contribution in [3.63, 3.8) is 0 Å². The number of phenols is 2. The number of rotatable bonds is 3. The summed E-state index contributed by atoms with van der Waals surface area (Å²) in [6.07, 6.45) is 2.89. The van der Waals surface area contributed by atoms with Crippen LogP contribution >= 0.6 is 0 Å². The molecular weight excluding hydrogens is 284 g/mol. The predicted octanol–water partition coefficient (Wildman–Crippen LogP) is 1.57. The van der Waals surface area contributed by atoms with Crippen LogP contribution in [0.5, 0.6) is 11.5 Å². The number of aromatic hydroxyl groups is 2. The Morgan fingerprint density at radius 3 is 2.32 bits per heavy atom. The molecule has 0 aliphatic heterocycles. The van der Waals surface area contributed by atoms with Crippen LogP contribution < -0.4 is 10.9 Å². The third-order valence-corrected chi connectivity index (χ3v) is 2.76. The first-order valence-electron chi connectivity index (χ1n) is 6.41. The van der Waals surface area contributed by atoms with E-state index in [-0.39, 0.29) is 11.3 Å². The zero-order chi connectivity index (χ0) is 15.9.